The summed E-state index contributed by atoms with van der Waals surface area (Å²) in [6, 6.07) is 0. The molecule has 0 fully saturated rings. The van der Waals surface area contributed by atoms with Gasteiger partial charge < -0.3 is 5.11 Å². The van der Waals surface area contributed by atoms with Crippen LogP contribution in [-0.4, -0.2) is 15.1 Å². The molecule has 0 aliphatic heterocycles. The van der Waals surface area contributed by atoms with Crippen LogP contribution in [0.3, 0.4) is 0 Å². The Kier molecular flexibility index (Phi) is 2.99. The van der Waals surface area contributed by atoms with Crippen LogP contribution in [0.2, 0.25) is 0 Å². The van der Waals surface area contributed by atoms with Crippen LogP contribution in [0.4, 0.5) is 0 Å². The molecule has 0 atom stereocenters. The second-order valence-electron chi connectivity index (χ2n) is 4.65. The third-order valence-electron chi connectivity index (χ3n) is 2.16. The summed E-state index contributed by atoms with van der Waals surface area (Å²) in [5, 5.41) is 14.9. The SMILES string of the molecule is CC(C)(C)c1csc(Cc2nc(O)cs2)n1. The van der Waals surface area contributed by atoms with Crippen molar-refractivity contribution in [2.24, 2.45) is 0 Å². The maximum Gasteiger partial charge on any atom is 0.222 e. The van der Waals surface area contributed by atoms with E-state index < -0.39 is 0 Å². The van der Waals surface area contributed by atoms with E-state index in [-0.39, 0.29) is 11.3 Å². The smallest absolute Gasteiger partial charge is 0.222 e. The Balaban J connectivity index is 2.14. The Morgan fingerprint density at radius 2 is 1.75 bits per heavy atom. The number of aromatic nitrogens is 2. The van der Waals surface area contributed by atoms with Crippen LogP contribution in [0.25, 0.3) is 0 Å². The van der Waals surface area contributed by atoms with Crippen molar-refractivity contribution in [1.29, 1.82) is 0 Å². The molecule has 0 aromatic carbocycles. The van der Waals surface area contributed by atoms with Gasteiger partial charge >= 0.3 is 0 Å². The van der Waals surface area contributed by atoms with Gasteiger partial charge in [-0.2, -0.15) is 0 Å². The van der Waals surface area contributed by atoms with Gasteiger partial charge in [0, 0.05) is 10.8 Å². The van der Waals surface area contributed by atoms with E-state index in [1.807, 2.05) is 0 Å². The zero-order chi connectivity index (χ0) is 11.8. The maximum absolute atomic E-state index is 9.15. The van der Waals surface area contributed by atoms with Crippen LogP contribution in [0, 0.1) is 0 Å². The van der Waals surface area contributed by atoms with Crippen molar-refractivity contribution in [3.05, 3.63) is 26.5 Å². The second kappa shape index (κ2) is 4.14. The normalized spacial score (nSPS) is 11.9. The molecule has 0 saturated carbocycles. The predicted octanol–water partition coefficient (Wildman–Crippen LogP) is 3.19. The summed E-state index contributed by atoms with van der Waals surface area (Å²) < 4.78 is 0. The zero-order valence-electron chi connectivity index (χ0n) is 9.52. The molecule has 0 radical (unpaired) electrons. The molecular formula is C11H14N2OS2. The van der Waals surface area contributed by atoms with Gasteiger partial charge in [-0.05, 0) is 0 Å². The van der Waals surface area contributed by atoms with Crippen molar-refractivity contribution in [3.8, 4) is 5.88 Å². The Morgan fingerprint density at radius 3 is 2.25 bits per heavy atom. The van der Waals surface area contributed by atoms with E-state index in [0.717, 1.165) is 15.7 Å². The van der Waals surface area contributed by atoms with Crippen molar-refractivity contribution in [2.75, 3.05) is 0 Å². The Bertz CT molecular complexity index is 482. The van der Waals surface area contributed by atoms with Gasteiger partial charge in [-0.1, -0.05) is 20.8 Å². The van der Waals surface area contributed by atoms with E-state index in [4.69, 9.17) is 5.11 Å². The van der Waals surface area contributed by atoms with Crippen molar-refractivity contribution in [1.82, 2.24) is 9.97 Å². The van der Waals surface area contributed by atoms with Crippen LogP contribution in [-0.2, 0) is 11.8 Å². The van der Waals surface area contributed by atoms with E-state index in [1.54, 1.807) is 16.7 Å². The lowest BCUT2D eigenvalue weighted by Crippen LogP contribution is -2.11. The number of hydrogen-bond donors (Lipinski definition) is 1. The van der Waals surface area contributed by atoms with E-state index in [2.05, 4.69) is 36.1 Å². The molecule has 0 spiro atoms. The zero-order valence-corrected chi connectivity index (χ0v) is 11.2. The molecule has 2 heterocycles. The summed E-state index contributed by atoms with van der Waals surface area (Å²) in [6.45, 7) is 6.46. The first kappa shape index (κ1) is 11.5. The van der Waals surface area contributed by atoms with E-state index in [9.17, 15) is 0 Å². The van der Waals surface area contributed by atoms with Crippen molar-refractivity contribution < 1.29 is 5.11 Å². The van der Waals surface area contributed by atoms with Crippen molar-refractivity contribution in [2.45, 2.75) is 32.6 Å². The maximum atomic E-state index is 9.15. The van der Waals surface area contributed by atoms with Gasteiger partial charge in [-0.3, -0.25) is 0 Å². The first-order chi connectivity index (χ1) is 7.45. The van der Waals surface area contributed by atoms with Gasteiger partial charge in [0.15, 0.2) is 0 Å². The quantitative estimate of drug-likeness (QED) is 0.895. The highest BCUT2D eigenvalue weighted by Crippen LogP contribution is 2.26. The average molecular weight is 254 g/mol. The lowest BCUT2D eigenvalue weighted by atomic mass is 9.93. The summed E-state index contributed by atoms with van der Waals surface area (Å²) in [6.07, 6.45) is 0.714. The lowest BCUT2D eigenvalue weighted by molar-refractivity contribution is 0.456. The molecule has 0 aliphatic rings. The molecule has 3 nitrogen and oxygen atoms in total. The molecule has 0 unspecified atom stereocenters. The van der Waals surface area contributed by atoms with Crippen molar-refractivity contribution >= 4 is 22.7 Å². The standard InChI is InChI=1S/C11H14N2OS2/c1-11(2,3)7-5-15-9(12-7)4-10-13-8(14)6-16-10/h5-6,14H,4H2,1-3H3. The minimum Gasteiger partial charge on any atom is -0.493 e. The first-order valence-electron chi connectivity index (χ1n) is 5.03. The third-order valence-corrected chi connectivity index (χ3v) is 3.85. The fourth-order valence-electron chi connectivity index (χ4n) is 1.25. The monoisotopic (exact) mass is 254 g/mol. The van der Waals surface area contributed by atoms with E-state index in [1.165, 1.54) is 11.3 Å². The van der Waals surface area contributed by atoms with Crippen LogP contribution in [0.1, 0.15) is 36.5 Å². The molecule has 0 amide bonds. The molecular weight excluding hydrogens is 240 g/mol. The molecule has 5 heteroatoms. The van der Waals surface area contributed by atoms with Gasteiger partial charge in [0.2, 0.25) is 5.88 Å². The van der Waals surface area contributed by atoms with Gasteiger partial charge in [0.1, 0.15) is 5.01 Å². The van der Waals surface area contributed by atoms with Gasteiger partial charge in [0.05, 0.1) is 22.5 Å². The molecule has 0 aliphatic carbocycles. The lowest BCUT2D eigenvalue weighted by Gasteiger charge is -2.14. The van der Waals surface area contributed by atoms with E-state index >= 15 is 0 Å². The van der Waals surface area contributed by atoms with Crippen LogP contribution >= 0.6 is 22.7 Å². The molecule has 2 aromatic heterocycles. The first-order valence-corrected chi connectivity index (χ1v) is 6.79. The number of hydrogen-bond acceptors (Lipinski definition) is 5. The summed E-state index contributed by atoms with van der Waals surface area (Å²) in [7, 11) is 0. The molecule has 0 saturated heterocycles. The topological polar surface area (TPSA) is 46.0 Å². The van der Waals surface area contributed by atoms with Gasteiger partial charge in [-0.25, -0.2) is 9.97 Å². The highest BCUT2D eigenvalue weighted by molar-refractivity contribution is 7.11. The second-order valence-corrected chi connectivity index (χ2v) is 6.54. The highest BCUT2D eigenvalue weighted by Gasteiger charge is 2.17. The largest absolute Gasteiger partial charge is 0.493 e. The molecule has 2 rings (SSSR count). The number of aromatic hydroxyl groups is 1. The summed E-state index contributed by atoms with van der Waals surface area (Å²) in [5.41, 5.74) is 1.22. The van der Waals surface area contributed by atoms with Crippen molar-refractivity contribution in [3.63, 3.8) is 0 Å². The number of nitrogens with zero attached hydrogens (tertiary/aromatic N) is 2. The Morgan fingerprint density at radius 1 is 1.12 bits per heavy atom. The van der Waals surface area contributed by atoms with Gasteiger partial charge in [0.25, 0.3) is 0 Å². The molecule has 86 valence electrons. The number of thiazole rings is 2. The predicted molar refractivity (Wildman–Crippen MR) is 67.4 cm³/mol. The van der Waals surface area contributed by atoms with Crippen LogP contribution < -0.4 is 0 Å². The minimum atomic E-state index is 0.0970. The van der Waals surface area contributed by atoms with Crippen LogP contribution in [0.5, 0.6) is 5.88 Å². The third kappa shape index (κ3) is 2.59. The molecule has 16 heavy (non-hydrogen) atoms. The summed E-state index contributed by atoms with van der Waals surface area (Å²) in [5.74, 6) is 0.104. The molecule has 1 N–H and O–H groups in total. The summed E-state index contributed by atoms with van der Waals surface area (Å²) >= 11 is 3.12. The Hall–Kier alpha value is -0.940. The fraction of sp³-hybridized carbons (Fsp3) is 0.455. The fourth-order valence-corrected chi connectivity index (χ4v) is 3.03. The van der Waals surface area contributed by atoms with Gasteiger partial charge in [-0.15, -0.1) is 22.7 Å². The minimum absolute atomic E-state index is 0.0970. The Labute approximate surface area is 103 Å². The van der Waals surface area contributed by atoms with E-state index in [0.29, 0.717) is 6.42 Å². The number of rotatable bonds is 2. The highest BCUT2D eigenvalue weighted by atomic mass is 32.1. The molecule has 2 aromatic rings. The molecule has 0 bridgehead atoms. The average Bonchev–Trinajstić information content (AvgIpc) is 2.74. The summed E-state index contributed by atoms with van der Waals surface area (Å²) in [4.78, 5) is 8.61. The van der Waals surface area contributed by atoms with Crippen LogP contribution in [0.15, 0.2) is 10.8 Å².